The number of aromatic carboxylic acids is 1. The Balaban J connectivity index is 2.76. The molecule has 0 atom stereocenters. The first-order valence-electron chi connectivity index (χ1n) is 3.81. The molecule has 0 aliphatic carbocycles. The molecule has 0 bridgehead atoms. The third-order valence-corrected chi connectivity index (χ3v) is 1.69. The van der Waals surface area contributed by atoms with Crippen LogP contribution in [0, 0.1) is 6.92 Å². The van der Waals surface area contributed by atoms with Gasteiger partial charge >= 0.3 is 5.97 Å². The predicted molar refractivity (Wildman–Crippen MR) is 46.9 cm³/mol. The zero-order chi connectivity index (χ0) is 10.3. The Morgan fingerprint density at radius 3 is 2.93 bits per heavy atom. The number of nitrogen functional groups attached to an aromatic ring is 1. The Kier molecular flexibility index (Phi) is 1.60. The van der Waals surface area contributed by atoms with E-state index in [1.807, 2.05) is 0 Å². The fourth-order valence-corrected chi connectivity index (χ4v) is 1.12. The molecule has 0 aliphatic heterocycles. The molecule has 2 aromatic rings. The first-order chi connectivity index (χ1) is 6.58. The summed E-state index contributed by atoms with van der Waals surface area (Å²) in [7, 11) is 0. The van der Waals surface area contributed by atoms with E-state index in [4.69, 9.17) is 10.8 Å². The zero-order valence-corrected chi connectivity index (χ0v) is 7.30. The van der Waals surface area contributed by atoms with E-state index in [9.17, 15) is 4.79 Å². The van der Waals surface area contributed by atoms with Gasteiger partial charge in [0.2, 0.25) is 0 Å². The Labute approximate surface area is 78.2 Å². The summed E-state index contributed by atoms with van der Waals surface area (Å²) in [6, 6.07) is 1.33. The minimum Gasteiger partial charge on any atom is -0.476 e. The van der Waals surface area contributed by atoms with Gasteiger partial charge in [0, 0.05) is 6.07 Å². The molecule has 0 spiro atoms. The van der Waals surface area contributed by atoms with E-state index in [1.54, 1.807) is 6.92 Å². The smallest absolute Gasteiger partial charge is 0.356 e. The number of fused-ring (bicyclic) bond motifs is 1. The average Bonchev–Trinajstić information content (AvgIpc) is 2.47. The van der Waals surface area contributed by atoms with Crippen LogP contribution in [0.15, 0.2) is 6.07 Å². The van der Waals surface area contributed by atoms with E-state index in [1.165, 1.54) is 10.7 Å². The maximum Gasteiger partial charge on any atom is 0.356 e. The summed E-state index contributed by atoms with van der Waals surface area (Å²) in [5, 5.41) is 16.3. The van der Waals surface area contributed by atoms with Crippen LogP contribution in [0.5, 0.6) is 0 Å². The van der Waals surface area contributed by atoms with E-state index in [-0.39, 0.29) is 11.5 Å². The first-order valence-corrected chi connectivity index (χ1v) is 3.81. The number of rotatable bonds is 1. The Morgan fingerprint density at radius 1 is 1.57 bits per heavy atom. The maximum absolute atomic E-state index is 10.6. The lowest BCUT2D eigenvalue weighted by atomic mass is 10.4. The molecule has 3 N–H and O–H groups in total. The molecule has 72 valence electrons. The van der Waals surface area contributed by atoms with E-state index >= 15 is 0 Å². The number of aryl methyl sites for hydroxylation is 1. The van der Waals surface area contributed by atoms with Crippen LogP contribution in [0.1, 0.15) is 16.3 Å². The number of nitrogens with zero attached hydrogens (tertiary/aromatic N) is 4. The summed E-state index contributed by atoms with van der Waals surface area (Å²) < 4.78 is 1.17. The Morgan fingerprint density at radius 2 is 2.29 bits per heavy atom. The minimum absolute atomic E-state index is 0.100. The number of carboxylic acids is 1. The molecule has 2 rings (SSSR count). The third kappa shape index (κ3) is 1.15. The highest BCUT2D eigenvalue weighted by atomic mass is 16.4. The molecule has 2 heterocycles. The number of hydrogen-bond donors (Lipinski definition) is 2. The van der Waals surface area contributed by atoms with Crippen molar-refractivity contribution < 1.29 is 9.90 Å². The molecule has 0 radical (unpaired) electrons. The van der Waals surface area contributed by atoms with Gasteiger partial charge in [0.1, 0.15) is 11.3 Å². The molecule has 0 amide bonds. The number of carboxylic acid groups (broad SMARTS) is 1. The molecule has 14 heavy (non-hydrogen) atoms. The second-order valence-electron chi connectivity index (χ2n) is 2.75. The predicted octanol–water partition coefficient (Wildman–Crippen LogP) is -0.287. The highest BCUT2D eigenvalue weighted by Gasteiger charge is 2.12. The fourth-order valence-electron chi connectivity index (χ4n) is 1.12. The van der Waals surface area contributed by atoms with Crippen molar-refractivity contribution in [2.24, 2.45) is 0 Å². The lowest BCUT2D eigenvalue weighted by Gasteiger charge is -1.96. The summed E-state index contributed by atoms with van der Waals surface area (Å²) in [4.78, 5) is 14.5. The van der Waals surface area contributed by atoms with Gasteiger partial charge in [-0.2, -0.15) is 0 Å². The number of nitrogens with two attached hydrogens (primary N) is 1. The molecule has 0 unspecified atom stereocenters. The molecule has 0 saturated carbocycles. The largest absolute Gasteiger partial charge is 0.476 e. The standard InChI is InChI=1S/C7H7N5O2/c1-3-9-6(8)5-2-4(7(13)14)11-12(5)10-3/h2H,1H3,(H,13,14)(H2,8,9,10). The summed E-state index contributed by atoms with van der Waals surface area (Å²) >= 11 is 0. The van der Waals surface area contributed by atoms with Gasteiger partial charge in [0.15, 0.2) is 11.5 Å². The van der Waals surface area contributed by atoms with Crippen LogP contribution < -0.4 is 5.73 Å². The van der Waals surface area contributed by atoms with Gasteiger partial charge in [-0.15, -0.1) is 14.8 Å². The van der Waals surface area contributed by atoms with Crippen molar-refractivity contribution >= 4 is 17.3 Å². The third-order valence-electron chi connectivity index (χ3n) is 1.69. The van der Waals surface area contributed by atoms with Crippen LogP contribution in [0.3, 0.4) is 0 Å². The number of hydrogen-bond acceptors (Lipinski definition) is 5. The SMILES string of the molecule is Cc1nc(N)c2cc(C(=O)O)nn2n1. The van der Waals surface area contributed by atoms with Crippen LogP contribution in [-0.2, 0) is 0 Å². The van der Waals surface area contributed by atoms with Gasteiger partial charge < -0.3 is 10.8 Å². The molecular formula is C7H7N5O2. The lowest BCUT2D eigenvalue weighted by molar-refractivity contribution is 0.0690. The van der Waals surface area contributed by atoms with E-state index in [2.05, 4.69) is 15.2 Å². The molecule has 0 fully saturated rings. The van der Waals surface area contributed by atoms with Crippen molar-refractivity contribution in [3.63, 3.8) is 0 Å². The number of anilines is 1. The summed E-state index contributed by atoms with van der Waals surface area (Å²) in [6.07, 6.45) is 0. The molecule has 2 aromatic heterocycles. The Bertz CT molecular complexity index is 518. The topological polar surface area (TPSA) is 106 Å². The van der Waals surface area contributed by atoms with Gasteiger partial charge in [-0.3, -0.25) is 0 Å². The molecule has 0 aromatic carbocycles. The van der Waals surface area contributed by atoms with Gasteiger partial charge in [-0.1, -0.05) is 0 Å². The van der Waals surface area contributed by atoms with Gasteiger partial charge in [0.25, 0.3) is 0 Å². The van der Waals surface area contributed by atoms with Crippen LogP contribution >= 0.6 is 0 Å². The summed E-state index contributed by atoms with van der Waals surface area (Å²) in [5.74, 6) is -0.458. The molecule has 0 aliphatic rings. The van der Waals surface area contributed by atoms with Gasteiger partial charge in [-0.25, -0.2) is 9.78 Å². The number of carbonyl (C=O) groups is 1. The van der Waals surface area contributed by atoms with E-state index in [0.717, 1.165) is 0 Å². The van der Waals surface area contributed by atoms with E-state index in [0.29, 0.717) is 11.3 Å². The van der Waals surface area contributed by atoms with Crippen LogP contribution in [0.25, 0.3) is 5.52 Å². The van der Waals surface area contributed by atoms with Crippen molar-refractivity contribution in [1.82, 2.24) is 19.8 Å². The lowest BCUT2D eigenvalue weighted by Crippen LogP contribution is -2.04. The van der Waals surface area contributed by atoms with Crippen LogP contribution in [0.4, 0.5) is 5.82 Å². The van der Waals surface area contributed by atoms with Crippen LogP contribution in [0.2, 0.25) is 0 Å². The van der Waals surface area contributed by atoms with Crippen molar-refractivity contribution in [2.75, 3.05) is 5.73 Å². The quantitative estimate of drug-likeness (QED) is 0.644. The maximum atomic E-state index is 10.6. The molecule has 7 heteroatoms. The second-order valence-corrected chi connectivity index (χ2v) is 2.75. The second kappa shape index (κ2) is 2.66. The minimum atomic E-state index is -1.12. The van der Waals surface area contributed by atoms with Crippen molar-refractivity contribution in [2.45, 2.75) is 6.92 Å². The molecule has 7 nitrogen and oxygen atoms in total. The fraction of sp³-hybridized carbons (Fsp3) is 0.143. The number of aromatic nitrogens is 4. The molecule has 0 saturated heterocycles. The van der Waals surface area contributed by atoms with Crippen molar-refractivity contribution in [1.29, 1.82) is 0 Å². The van der Waals surface area contributed by atoms with Gasteiger partial charge in [0.05, 0.1) is 0 Å². The Hall–Kier alpha value is -2.18. The molecular weight excluding hydrogens is 186 g/mol. The summed E-state index contributed by atoms with van der Waals surface area (Å²) in [5.41, 5.74) is 5.86. The average molecular weight is 193 g/mol. The highest BCUT2D eigenvalue weighted by molar-refractivity contribution is 5.88. The monoisotopic (exact) mass is 193 g/mol. The highest BCUT2D eigenvalue weighted by Crippen LogP contribution is 2.11. The van der Waals surface area contributed by atoms with Gasteiger partial charge in [-0.05, 0) is 6.92 Å². The zero-order valence-electron chi connectivity index (χ0n) is 7.30. The normalized spacial score (nSPS) is 10.6. The first kappa shape index (κ1) is 8.42. The van der Waals surface area contributed by atoms with Crippen molar-refractivity contribution in [3.8, 4) is 0 Å². The van der Waals surface area contributed by atoms with Crippen molar-refractivity contribution in [3.05, 3.63) is 17.6 Å². The summed E-state index contributed by atoms with van der Waals surface area (Å²) in [6.45, 7) is 1.65. The van der Waals surface area contributed by atoms with Crippen LogP contribution in [-0.4, -0.2) is 30.9 Å². The van der Waals surface area contributed by atoms with E-state index < -0.39 is 5.97 Å².